The summed E-state index contributed by atoms with van der Waals surface area (Å²) in [6, 6.07) is 5.01. The standard InChI is InChI=1S/C14H22N2O3/c1-10(2)7-8-15-14(17)16-12-9-11(18-3)5-6-13(12)19-4/h5-6,9-10H,7-8H2,1-4H3,(H2,15,16,17). The van der Waals surface area contributed by atoms with Crippen LogP contribution in [-0.2, 0) is 0 Å². The minimum atomic E-state index is -0.243. The van der Waals surface area contributed by atoms with Crippen molar-refractivity contribution in [2.45, 2.75) is 20.3 Å². The zero-order valence-corrected chi connectivity index (χ0v) is 11.9. The Labute approximate surface area is 114 Å². The third kappa shape index (κ3) is 5.07. The Kier molecular flexibility index (Phi) is 5.99. The van der Waals surface area contributed by atoms with Crippen molar-refractivity contribution in [3.8, 4) is 11.5 Å². The van der Waals surface area contributed by atoms with E-state index in [4.69, 9.17) is 9.47 Å². The van der Waals surface area contributed by atoms with E-state index in [0.29, 0.717) is 29.6 Å². The van der Waals surface area contributed by atoms with E-state index < -0.39 is 0 Å². The molecule has 0 heterocycles. The first-order valence-electron chi connectivity index (χ1n) is 6.33. The van der Waals surface area contributed by atoms with Gasteiger partial charge in [-0.05, 0) is 24.5 Å². The van der Waals surface area contributed by atoms with Gasteiger partial charge in [-0.3, -0.25) is 0 Å². The second kappa shape index (κ2) is 7.51. The zero-order chi connectivity index (χ0) is 14.3. The molecule has 1 aromatic rings. The van der Waals surface area contributed by atoms with Crippen LogP contribution < -0.4 is 20.1 Å². The maximum absolute atomic E-state index is 11.7. The highest BCUT2D eigenvalue weighted by Crippen LogP contribution is 2.28. The van der Waals surface area contributed by atoms with Crippen LogP contribution in [0.5, 0.6) is 11.5 Å². The molecule has 0 aliphatic heterocycles. The Hall–Kier alpha value is -1.91. The Morgan fingerprint density at radius 2 is 2.00 bits per heavy atom. The molecule has 1 aromatic carbocycles. The third-order valence-electron chi connectivity index (χ3n) is 2.66. The van der Waals surface area contributed by atoms with Gasteiger partial charge in [0.1, 0.15) is 11.5 Å². The smallest absolute Gasteiger partial charge is 0.319 e. The van der Waals surface area contributed by atoms with Gasteiger partial charge in [0.15, 0.2) is 0 Å². The van der Waals surface area contributed by atoms with E-state index in [2.05, 4.69) is 24.5 Å². The highest BCUT2D eigenvalue weighted by atomic mass is 16.5. The molecule has 0 saturated carbocycles. The van der Waals surface area contributed by atoms with Gasteiger partial charge in [-0.15, -0.1) is 0 Å². The average Bonchev–Trinajstić information content (AvgIpc) is 2.38. The molecule has 0 bridgehead atoms. The Balaban J connectivity index is 2.61. The van der Waals surface area contributed by atoms with E-state index >= 15 is 0 Å². The fraction of sp³-hybridized carbons (Fsp3) is 0.500. The number of nitrogens with one attached hydrogen (secondary N) is 2. The number of hydrogen-bond acceptors (Lipinski definition) is 3. The van der Waals surface area contributed by atoms with Crippen LogP contribution in [0.15, 0.2) is 18.2 Å². The first kappa shape index (κ1) is 15.1. The number of hydrogen-bond donors (Lipinski definition) is 2. The van der Waals surface area contributed by atoms with Gasteiger partial charge < -0.3 is 20.1 Å². The number of carbonyl (C=O) groups excluding carboxylic acids is 1. The number of urea groups is 1. The predicted molar refractivity (Wildman–Crippen MR) is 76.0 cm³/mol. The van der Waals surface area contributed by atoms with Crippen LogP contribution >= 0.6 is 0 Å². The molecule has 0 radical (unpaired) electrons. The summed E-state index contributed by atoms with van der Waals surface area (Å²) in [6.07, 6.45) is 0.947. The molecule has 0 fully saturated rings. The first-order valence-corrected chi connectivity index (χ1v) is 6.33. The molecule has 1 rings (SSSR count). The normalized spacial score (nSPS) is 10.2. The molecule has 0 spiro atoms. The summed E-state index contributed by atoms with van der Waals surface area (Å²) >= 11 is 0. The van der Waals surface area contributed by atoms with Crippen molar-refractivity contribution in [3.63, 3.8) is 0 Å². The van der Waals surface area contributed by atoms with Crippen LogP contribution in [0.25, 0.3) is 0 Å². The van der Waals surface area contributed by atoms with Crippen molar-refractivity contribution in [1.29, 1.82) is 0 Å². The molecule has 106 valence electrons. The van der Waals surface area contributed by atoms with Gasteiger partial charge in [-0.25, -0.2) is 4.79 Å². The van der Waals surface area contributed by atoms with Gasteiger partial charge in [0, 0.05) is 12.6 Å². The van der Waals surface area contributed by atoms with E-state index in [1.165, 1.54) is 0 Å². The summed E-state index contributed by atoms with van der Waals surface area (Å²) in [6.45, 7) is 4.88. The van der Waals surface area contributed by atoms with Gasteiger partial charge in [-0.1, -0.05) is 13.8 Å². The summed E-state index contributed by atoms with van der Waals surface area (Å²) in [5.74, 6) is 1.82. The Morgan fingerprint density at radius 3 is 2.58 bits per heavy atom. The van der Waals surface area contributed by atoms with Gasteiger partial charge in [0.25, 0.3) is 0 Å². The molecule has 19 heavy (non-hydrogen) atoms. The number of ether oxygens (including phenoxy) is 2. The summed E-state index contributed by atoms with van der Waals surface area (Å²) in [4.78, 5) is 11.7. The summed E-state index contributed by atoms with van der Waals surface area (Å²) < 4.78 is 10.3. The van der Waals surface area contributed by atoms with Crippen molar-refractivity contribution < 1.29 is 14.3 Å². The highest BCUT2D eigenvalue weighted by Gasteiger charge is 2.08. The van der Waals surface area contributed by atoms with E-state index in [1.807, 2.05) is 0 Å². The molecule has 0 atom stereocenters. The van der Waals surface area contributed by atoms with Crippen molar-refractivity contribution in [2.24, 2.45) is 5.92 Å². The van der Waals surface area contributed by atoms with Crippen molar-refractivity contribution in [2.75, 3.05) is 26.1 Å². The molecule has 2 N–H and O–H groups in total. The molecular weight excluding hydrogens is 244 g/mol. The third-order valence-corrected chi connectivity index (χ3v) is 2.66. The van der Waals surface area contributed by atoms with E-state index in [0.717, 1.165) is 6.42 Å². The lowest BCUT2D eigenvalue weighted by Gasteiger charge is -2.13. The molecule has 0 saturated heterocycles. The van der Waals surface area contributed by atoms with E-state index in [1.54, 1.807) is 32.4 Å². The average molecular weight is 266 g/mol. The molecular formula is C14H22N2O3. The molecule has 0 unspecified atom stereocenters. The van der Waals surface area contributed by atoms with E-state index in [9.17, 15) is 4.79 Å². The Morgan fingerprint density at radius 1 is 1.26 bits per heavy atom. The first-order chi connectivity index (χ1) is 9.06. The second-order valence-electron chi connectivity index (χ2n) is 4.63. The molecule has 0 aromatic heterocycles. The lowest BCUT2D eigenvalue weighted by molar-refractivity contribution is 0.251. The molecule has 2 amide bonds. The number of anilines is 1. The highest BCUT2D eigenvalue weighted by molar-refractivity contribution is 5.91. The van der Waals surface area contributed by atoms with Gasteiger partial charge >= 0.3 is 6.03 Å². The lowest BCUT2D eigenvalue weighted by atomic mass is 10.1. The van der Waals surface area contributed by atoms with Crippen LogP contribution in [0.3, 0.4) is 0 Å². The van der Waals surface area contributed by atoms with Crippen LogP contribution in [0.2, 0.25) is 0 Å². The topological polar surface area (TPSA) is 59.6 Å². The fourth-order valence-electron chi connectivity index (χ4n) is 1.55. The van der Waals surface area contributed by atoms with Crippen LogP contribution in [0, 0.1) is 5.92 Å². The minimum Gasteiger partial charge on any atom is -0.497 e. The quantitative estimate of drug-likeness (QED) is 0.832. The summed E-state index contributed by atoms with van der Waals surface area (Å²) in [5, 5.41) is 5.56. The molecule has 5 nitrogen and oxygen atoms in total. The van der Waals surface area contributed by atoms with Crippen molar-refractivity contribution in [1.82, 2.24) is 5.32 Å². The van der Waals surface area contributed by atoms with Crippen LogP contribution in [-0.4, -0.2) is 26.8 Å². The van der Waals surface area contributed by atoms with Crippen LogP contribution in [0.1, 0.15) is 20.3 Å². The van der Waals surface area contributed by atoms with Crippen LogP contribution in [0.4, 0.5) is 10.5 Å². The monoisotopic (exact) mass is 266 g/mol. The lowest BCUT2D eigenvalue weighted by Crippen LogP contribution is -2.30. The maximum Gasteiger partial charge on any atom is 0.319 e. The Bertz CT molecular complexity index is 419. The predicted octanol–water partition coefficient (Wildman–Crippen LogP) is 2.87. The van der Waals surface area contributed by atoms with Gasteiger partial charge in [0.05, 0.1) is 19.9 Å². The largest absolute Gasteiger partial charge is 0.497 e. The number of rotatable bonds is 6. The SMILES string of the molecule is COc1ccc(OC)c(NC(=O)NCCC(C)C)c1. The van der Waals surface area contributed by atoms with Crippen molar-refractivity contribution >= 4 is 11.7 Å². The number of carbonyl (C=O) groups is 1. The van der Waals surface area contributed by atoms with Gasteiger partial charge in [-0.2, -0.15) is 0 Å². The van der Waals surface area contributed by atoms with Crippen molar-refractivity contribution in [3.05, 3.63) is 18.2 Å². The second-order valence-corrected chi connectivity index (χ2v) is 4.63. The number of amides is 2. The zero-order valence-electron chi connectivity index (χ0n) is 11.9. The molecule has 0 aliphatic carbocycles. The number of methoxy groups -OCH3 is 2. The summed E-state index contributed by atoms with van der Waals surface area (Å²) in [7, 11) is 3.14. The molecule has 0 aliphatic rings. The van der Waals surface area contributed by atoms with Gasteiger partial charge in [0.2, 0.25) is 0 Å². The summed E-state index contributed by atoms with van der Waals surface area (Å²) in [5.41, 5.74) is 0.587. The minimum absolute atomic E-state index is 0.243. The maximum atomic E-state index is 11.7. The number of benzene rings is 1. The van der Waals surface area contributed by atoms with E-state index in [-0.39, 0.29) is 6.03 Å². The fourth-order valence-corrected chi connectivity index (χ4v) is 1.55. The molecule has 5 heteroatoms.